The van der Waals surface area contributed by atoms with E-state index in [-0.39, 0.29) is 11.7 Å². The summed E-state index contributed by atoms with van der Waals surface area (Å²) in [6.07, 6.45) is 7.12. The van der Waals surface area contributed by atoms with Crippen molar-refractivity contribution in [2.75, 3.05) is 19.7 Å². The summed E-state index contributed by atoms with van der Waals surface area (Å²) in [6, 6.07) is 3.99. The van der Waals surface area contributed by atoms with Crippen molar-refractivity contribution in [2.45, 2.75) is 37.6 Å². The average molecular weight is 248 g/mol. The van der Waals surface area contributed by atoms with Gasteiger partial charge in [-0.15, -0.1) is 0 Å². The first-order chi connectivity index (χ1) is 8.86. The van der Waals surface area contributed by atoms with Crippen LogP contribution >= 0.6 is 0 Å². The Balaban J connectivity index is 1.50. The van der Waals surface area contributed by atoms with Gasteiger partial charge in [0.1, 0.15) is 0 Å². The summed E-state index contributed by atoms with van der Waals surface area (Å²) < 4.78 is 11.9. The third kappa shape index (κ3) is 2.71. The monoisotopic (exact) mass is 248 g/mol. The van der Waals surface area contributed by atoms with Gasteiger partial charge in [-0.3, -0.25) is 4.98 Å². The number of hydrogen-bond acceptors (Lipinski definition) is 4. The zero-order valence-electron chi connectivity index (χ0n) is 10.6. The van der Waals surface area contributed by atoms with Gasteiger partial charge in [0.2, 0.25) is 0 Å². The molecular formula is C14H20N2O2. The molecule has 0 aliphatic carbocycles. The molecule has 1 aromatic rings. The molecule has 3 heterocycles. The molecule has 4 nitrogen and oxygen atoms in total. The number of pyridine rings is 1. The summed E-state index contributed by atoms with van der Waals surface area (Å²) >= 11 is 0. The molecule has 2 aliphatic rings. The van der Waals surface area contributed by atoms with Crippen LogP contribution in [0.1, 0.15) is 24.8 Å². The van der Waals surface area contributed by atoms with Crippen molar-refractivity contribution < 1.29 is 9.47 Å². The number of nitrogens with zero attached hydrogens (tertiary/aromatic N) is 1. The quantitative estimate of drug-likeness (QED) is 0.880. The zero-order valence-corrected chi connectivity index (χ0v) is 10.6. The standard InChI is InChI=1S/C14H20N2O2/c1-5-15-6-2-12(1)10-17-13-9-14(18-11-13)3-7-16-8-4-14/h1-2,5-6,13,16H,3-4,7-11H2. The lowest BCUT2D eigenvalue weighted by molar-refractivity contribution is -0.0240. The largest absolute Gasteiger partial charge is 0.372 e. The zero-order chi connectivity index (χ0) is 12.3. The minimum atomic E-state index is 0.0914. The molecule has 2 fully saturated rings. The highest BCUT2D eigenvalue weighted by Crippen LogP contribution is 2.35. The van der Waals surface area contributed by atoms with Gasteiger partial charge in [-0.25, -0.2) is 0 Å². The minimum Gasteiger partial charge on any atom is -0.372 e. The van der Waals surface area contributed by atoms with Crippen LogP contribution in [0.25, 0.3) is 0 Å². The van der Waals surface area contributed by atoms with Crippen molar-refractivity contribution in [2.24, 2.45) is 0 Å². The Bertz CT molecular complexity index is 377. The fourth-order valence-corrected chi connectivity index (χ4v) is 2.83. The predicted octanol–water partition coefficient (Wildman–Crippen LogP) is 1.51. The van der Waals surface area contributed by atoms with E-state index in [9.17, 15) is 0 Å². The van der Waals surface area contributed by atoms with Gasteiger partial charge in [0.15, 0.2) is 0 Å². The van der Waals surface area contributed by atoms with Gasteiger partial charge in [-0.1, -0.05) is 0 Å². The van der Waals surface area contributed by atoms with E-state index in [4.69, 9.17) is 9.47 Å². The fourth-order valence-electron chi connectivity index (χ4n) is 2.83. The molecule has 0 aromatic carbocycles. The second kappa shape index (κ2) is 5.34. The molecule has 0 saturated carbocycles. The van der Waals surface area contributed by atoms with Gasteiger partial charge in [0.25, 0.3) is 0 Å². The Labute approximate surface area is 108 Å². The van der Waals surface area contributed by atoms with Crippen molar-refractivity contribution in [1.29, 1.82) is 0 Å². The van der Waals surface area contributed by atoms with E-state index in [1.54, 1.807) is 12.4 Å². The van der Waals surface area contributed by atoms with E-state index in [1.807, 2.05) is 12.1 Å². The summed E-state index contributed by atoms with van der Waals surface area (Å²) in [5.74, 6) is 0. The van der Waals surface area contributed by atoms with E-state index in [2.05, 4.69) is 10.3 Å². The molecule has 4 heteroatoms. The summed E-state index contributed by atoms with van der Waals surface area (Å²) in [5, 5.41) is 3.38. The SMILES string of the molecule is c1cc(COC2COC3(CCNCC3)C2)ccn1. The molecule has 3 rings (SSSR count). The lowest BCUT2D eigenvalue weighted by Gasteiger charge is -2.32. The van der Waals surface area contributed by atoms with Crippen molar-refractivity contribution in [3.8, 4) is 0 Å². The summed E-state index contributed by atoms with van der Waals surface area (Å²) in [7, 11) is 0. The Hall–Kier alpha value is -0.970. The number of rotatable bonds is 3. The topological polar surface area (TPSA) is 43.4 Å². The second-order valence-electron chi connectivity index (χ2n) is 5.24. The second-order valence-corrected chi connectivity index (χ2v) is 5.24. The molecule has 0 radical (unpaired) electrons. The van der Waals surface area contributed by atoms with Crippen LogP contribution in [0.4, 0.5) is 0 Å². The van der Waals surface area contributed by atoms with Gasteiger partial charge in [-0.2, -0.15) is 0 Å². The third-order valence-corrected chi connectivity index (χ3v) is 3.92. The molecule has 1 aromatic heterocycles. The van der Waals surface area contributed by atoms with Crippen LogP contribution in [0.5, 0.6) is 0 Å². The van der Waals surface area contributed by atoms with Gasteiger partial charge in [0.05, 0.1) is 24.9 Å². The molecular weight excluding hydrogens is 228 g/mol. The summed E-state index contributed by atoms with van der Waals surface area (Å²) in [6.45, 7) is 3.53. The molecule has 1 atom stereocenters. The van der Waals surface area contributed by atoms with Crippen molar-refractivity contribution in [3.63, 3.8) is 0 Å². The summed E-state index contributed by atoms with van der Waals surface area (Å²) in [5.41, 5.74) is 1.27. The third-order valence-electron chi connectivity index (χ3n) is 3.92. The van der Waals surface area contributed by atoms with Crippen LogP contribution in [0.2, 0.25) is 0 Å². The minimum absolute atomic E-state index is 0.0914. The van der Waals surface area contributed by atoms with Crippen molar-refractivity contribution in [1.82, 2.24) is 10.3 Å². The van der Waals surface area contributed by atoms with Crippen LogP contribution in [-0.4, -0.2) is 36.4 Å². The molecule has 98 valence electrons. The first kappa shape index (κ1) is 12.1. The van der Waals surface area contributed by atoms with Crippen LogP contribution in [0, 0.1) is 0 Å². The Morgan fingerprint density at radius 3 is 2.89 bits per heavy atom. The van der Waals surface area contributed by atoms with Crippen molar-refractivity contribution in [3.05, 3.63) is 30.1 Å². The lowest BCUT2D eigenvalue weighted by Crippen LogP contribution is -2.41. The fraction of sp³-hybridized carbons (Fsp3) is 0.643. The van der Waals surface area contributed by atoms with Crippen LogP contribution in [0.3, 0.4) is 0 Å². The highest BCUT2D eigenvalue weighted by molar-refractivity contribution is 5.08. The van der Waals surface area contributed by atoms with Gasteiger partial charge < -0.3 is 14.8 Å². The van der Waals surface area contributed by atoms with E-state index >= 15 is 0 Å². The maximum Gasteiger partial charge on any atom is 0.0840 e. The smallest absolute Gasteiger partial charge is 0.0840 e. The predicted molar refractivity (Wildman–Crippen MR) is 68.2 cm³/mol. The molecule has 1 spiro atoms. The molecule has 18 heavy (non-hydrogen) atoms. The highest BCUT2D eigenvalue weighted by atomic mass is 16.6. The molecule has 0 amide bonds. The van der Waals surface area contributed by atoms with E-state index in [0.29, 0.717) is 6.61 Å². The lowest BCUT2D eigenvalue weighted by atomic mass is 9.89. The van der Waals surface area contributed by atoms with E-state index in [1.165, 1.54) is 5.56 Å². The van der Waals surface area contributed by atoms with E-state index < -0.39 is 0 Å². The number of aromatic nitrogens is 1. The average Bonchev–Trinajstić information content (AvgIpc) is 2.82. The van der Waals surface area contributed by atoms with E-state index in [0.717, 1.165) is 39.0 Å². The Morgan fingerprint density at radius 2 is 2.11 bits per heavy atom. The summed E-state index contributed by atoms with van der Waals surface area (Å²) in [4.78, 5) is 4.01. The van der Waals surface area contributed by atoms with Gasteiger partial charge in [0, 0.05) is 18.8 Å². The first-order valence-corrected chi connectivity index (χ1v) is 6.72. The van der Waals surface area contributed by atoms with Gasteiger partial charge in [-0.05, 0) is 43.6 Å². The molecule has 0 bridgehead atoms. The number of nitrogens with one attached hydrogen (secondary N) is 1. The van der Waals surface area contributed by atoms with Gasteiger partial charge >= 0.3 is 0 Å². The highest BCUT2D eigenvalue weighted by Gasteiger charge is 2.41. The Kier molecular flexibility index (Phi) is 3.59. The molecule has 2 aliphatic heterocycles. The maximum atomic E-state index is 6.01. The van der Waals surface area contributed by atoms with Crippen LogP contribution in [0.15, 0.2) is 24.5 Å². The number of piperidine rings is 1. The van der Waals surface area contributed by atoms with Crippen LogP contribution in [-0.2, 0) is 16.1 Å². The van der Waals surface area contributed by atoms with Crippen molar-refractivity contribution >= 4 is 0 Å². The van der Waals surface area contributed by atoms with Crippen LogP contribution < -0.4 is 5.32 Å². The maximum absolute atomic E-state index is 6.01. The first-order valence-electron chi connectivity index (χ1n) is 6.72. The number of hydrogen-bond donors (Lipinski definition) is 1. The molecule has 1 unspecified atom stereocenters. The number of ether oxygens (including phenoxy) is 2. The Morgan fingerprint density at radius 1 is 1.33 bits per heavy atom. The molecule has 1 N–H and O–H groups in total. The normalized spacial score (nSPS) is 26.6. The molecule has 2 saturated heterocycles.